The molecule has 0 unspecified atom stereocenters. The molecule has 5 heteroatoms. The summed E-state index contributed by atoms with van der Waals surface area (Å²) in [5, 5.41) is 6.55. The van der Waals surface area contributed by atoms with Gasteiger partial charge in [-0.3, -0.25) is 9.69 Å². The summed E-state index contributed by atoms with van der Waals surface area (Å²) in [6.45, 7) is 11.5. The van der Waals surface area contributed by atoms with Crippen molar-refractivity contribution in [2.24, 2.45) is 5.92 Å². The van der Waals surface area contributed by atoms with Crippen molar-refractivity contribution in [3.8, 4) is 0 Å². The molecule has 1 aromatic rings. The summed E-state index contributed by atoms with van der Waals surface area (Å²) in [5.41, 5.74) is 2.66. The van der Waals surface area contributed by atoms with Crippen molar-refractivity contribution >= 4 is 11.6 Å². The molecule has 3 rings (SSSR count). The quantitative estimate of drug-likeness (QED) is 0.764. The zero-order valence-electron chi connectivity index (χ0n) is 16.3. The Bertz CT molecular complexity index is 583. The van der Waals surface area contributed by atoms with Gasteiger partial charge in [0.15, 0.2) is 0 Å². The first-order valence-corrected chi connectivity index (χ1v) is 10.2. The van der Waals surface area contributed by atoms with E-state index in [0.29, 0.717) is 6.04 Å². The molecule has 0 radical (unpaired) electrons. The van der Waals surface area contributed by atoms with Crippen LogP contribution in [-0.4, -0.2) is 62.7 Å². The van der Waals surface area contributed by atoms with Gasteiger partial charge in [0.25, 0.3) is 0 Å². The zero-order chi connectivity index (χ0) is 18.4. The molecule has 144 valence electrons. The minimum absolute atomic E-state index is 0.198. The molecule has 0 bridgehead atoms. The Kier molecular flexibility index (Phi) is 6.92. The molecule has 2 N–H and O–H groups in total. The van der Waals surface area contributed by atoms with Gasteiger partial charge < -0.3 is 15.5 Å². The third-order valence-electron chi connectivity index (χ3n) is 5.68. The van der Waals surface area contributed by atoms with E-state index in [1.165, 1.54) is 11.3 Å². The van der Waals surface area contributed by atoms with Crippen LogP contribution in [0.3, 0.4) is 0 Å². The number of anilines is 1. The standard InChI is InChI=1S/C21H34N4O/c1-17-5-3-6-20(15-17)25-13-11-24(12-14-25)10-4-8-23-21(26)19-7-9-22-18(2)16-19/h3,5-6,15,18-19,22H,4,7-14,16H2,1-2H3,(H,23,26)/t18-,19-/m0/s1. The van der Waals surface area contributed by atoms with Crippen molar-refractivity contribution in [1.82, 2.24) is 15.5 Å². The smallest absolute Gasteiger partial charge is 0.223 e. The van der Waals surface area contributed by atoms with Crippen LogP contribution in [-0.2, 0) is 4.79 Å². The maximum Gasteiger partial charge on any atom is 0.223 e. The van der Waals surface area contributed by atoms with E-state index in [2.05, 4.69) is 58.5 Å². The lowest BCUT2D eigenvalue weighted by Crippen LogP contribution is -2.47. The van der Waals surface area contributed by atoms with Gasteiger partial charge in [0.1, 0.15) is 0 Å². The number of nitrogens with one attached hydrogen (secondary N) is 2. The van der Waals surface area contributed by atoms with Gasteiger partial charge in [0, 0.05) is 50.4 Å². The molecule has 1 amide bonds. The highest BCUT2D eigenvalue weighted by Gasteiger charge is 2.24. The molecule has 0 saturated carbocycles. The van der Waals surface area contributed by atoms with Crippen LogP contribution in [0.15, 0.2) is 24.3 Å². The number of hydrogen-bond acceptors (Lipinski definition) is 4. The molecule has 0 aliphatic carbocycles. The Balaban J connectivity index is 1.31. The number of nitrogens with zero attached hydrogens (tertiary/aromatic N) is 2. The summed E-state index contributed by atoms with van der Waals surface area (Å²) < 4.78 is 0. The molecule has 2 atom stereocenters. The van der Waals surface area contributed by atoms with Gasteiger partial charge in [-0.05, 0) is 63.9 Å². The van der Waals surface area contributed by atoms with Crippen LogP contribution in [0.1, 0.15) is 31.7 Å². The van der Waals surface area contributed by atoms with E-state index >= 15 is 0 Å². The largest absolute Gasteiger partial charge is 0.369 e. The number of piperidine rings is 1. The molecule has 26 heavy (non-hydrogen) atoms. The molecule has 5 nitrogen and oxygen atoms in total. The highest BCUT2D eigenvalue weighted by atomic mass is 16.1. The fourth-order valence-electron chi connectivity index (χ4n) is 4.08. The average Bonchev–Trinajstić information content (AvgIpc) is 2.65. The lowest BCUT2D eigenvalue weighted by molar-refractivity contribution is -0.126. The highest BCUT2D eigenvalue weighted by molar-refractivity contribution is 5.78. The Morgan fingerprint density at radius 1 is 1.27 bits per heavy atom. The summed E-state index contributed by atoms with van der Waals surface area (Å²) in [4.78, 5) is 17.3. The molecule has 2 heterocycles. The maximum absolute atomic E-state index is 12.3. The normalized spacial score (nSPS) is 24.5. The van der Waals surface area contributed by atoms with Gasteiger partial charge in [0.2, 0.25) is 5.91 Å². The Morgan fingerprint density at radius 3 is 2.81 bits per heavy atom. The Labute approximate surface area is 158 Å². The fraction of sp³-hybridized carbons (Fsp3) is 0.667. The van der Waals surface area contributed by atoms with E-state index in [0.717, 1.165) is 65.1 Å². The van der Waals surface area contributed by atoms with E-state index < -0.39 is 0 Å². The van der Waals surface area contributed by atoms with Crippen molar-refractivity contribution in [1.29, 1.82) is 0 Å². The van der Waals surface area contributed by atoms with Gasteiger partial charge in [-0.2, -0.15) is 0 Å². The molecule has 2 aliphatic rings. The summed E-state index contributed by atoms with van der Waals surface area (Å²) in [5.74, 6) is 0.451. The van der Waals surface area contributed by atoms with E-state index in [4.69, 9.17) is 0 Å². The number of piperazine rings is 1. The second-order valence-electron chi connectivity index (χ2n) is 7.89. The predicted octanol–water partition coefficient (Wildman–Crippen LogP) is 2.01. The van der Waals surface area contributed by atoms with Crippen LogP contribution in [0.4, 0.5) is 5.69 Å². The minimum Gasteiger partial charge on any atom is -0.369 e. The number of carbonyl (C=O) groups is 1. The van der Waals surface area contributed by atoms with Gasteiger partial charge >= 0.3 is 0 Å². The van der Waals surface area contributed by atoms with Crippen molar-refractivity contribution < 1.29 is 4.79 Å². The lowest BCUT2D eigenvalue weighted by Gasteiger charge is -2.36. The van der Waals surface area contributed by atoms with Crippen LogP contribution in [0, 0.1) is 12.8 Å². The Hall–Kier alpha value is -1.59. The van der Waals surface area contributed by atoms with Crippen LogP contribution >= 0.6 is 0 Å². The molecule has 2 fully saturated rings. The van der Waals surface area contributed by atoms with E-state index in [9.17, 15) is 4.79 Å². The van der Waals surface area contributed by atoms with Gasteiger partial charge in [-0.15, -0.1) is 0 Å². The molecule has 0 aromatic heterocycles. The van der Waals surface area contributed by atoms with Crippen LogP contribution < -0.4 is 15.5 Å². The first-order chi connectivity index (χ1) is 12.6. The number of carbonyl (C=O) groups excluding carboxylic acids is 1. The van der Waals surface area contributed by atoms with E-state index in [-0.39, 0.29) is 11.8 Å². The summed E-state index contributed by atoms with van der Waals surface area (Å²) >= 11 is 0. The van der Waals surface area contributed by atoms with Crippen molar-refractivity contribution in [2.45, 2.75) is 39.2 Å². The number of amides is 1. The molecule has 1 aromatic carbocycles. The number of benzene rings is 1. The second kappa shape index (κ2) is 9.38. The topological polar surface area (TPSA) is 47.6 Å². The number of rotatable bonds is 6. The van der Waals surface area contributed by atoms with Crippen molar-refractivity contribution in [3.05, 3.63) is 29.8 Å². The first kappa shape index (κ1) is 19.2. The van der Waals surface area contributed by atoms with Crippen LogP contribution in [0.5, 0.6) is 0 Å². The first-order valence-electron chi connectivity index (χ1n) is 10.2. The fourth-order valence-corrected chi connectivity index (χ4v) is 4.08. The van der Waals surface area contributed by atoms with Crippen molar-refractivity contribution in [2.75, 3.05) is 50.7 Å². The van der Waals surface area contributed by atoms with Gasteiger partial charge in [-0.1, -0.05) is 12.1 Å². The average molecular weight is 359 g/mol. The van der Waals surface area contributed by atoms with E-state index in [1.807, 2.05) is 0 Å². The summed E-state index contributed by atoms with van der Waals surface area (Å²) in [7, 11) is 0. The maximum atomic E-state index is 12.3. The minimum atomic E-state index is 0.198. The summed E-state index contributed by atoms with van der Waals surface area (Å²) in [6, 6.07) is 9.23. The van der Waals surface area contributed by atoms with Gasteiger partial charge in [0.05, 0.1) is 0 Å². The number of hydrogen-bond donors (Lipinski definition) is 2. The van der Waals surface area contributed by atoms with Gasteiger partial charge in [-0.25, -0.2) is 0 Å². The summed E-state index contributed by atoms with van der Waals surface area (Å²) in [6.07, 6.45) is 2.97. The molecule has 2 aliphatic heterocycles. The third kappa shape index (κ3) is 5.45. The molecule has 2 saturated heterocycles. The van der Waals surface area contributed by atoms with Crippen LogP contribution in [0.2, 0.25) is 0 Å². The predicted molar refractivity (Wildman–Crippen MR) is 108 cm³/mol. The Morgan fingerprint density at radius 2 is 2.08 bits per heavy atom. The SMILES string of the molecule is Cc1cccc(N2CCN(CCCNC(=O)[C@H]3CCN[C@@H](C)C3)CC2)c1. The van der Waals surface area contributed by atoms with E-state index in [1.54, 1.807) is 0 Å². The van der Waals surface area contributed by atoms with Crippen LogP contribution in [0.25, 0.3) is 0 Å². The molecular formula is C21H34N4O. The zero-order valence-corrected chi connectivity index (χ0v) is 16.3. The second-order valence-corrected chi connectivity index (χ2v) is 7.89. The third-order valence-corrected chi connectivity index (χ3v) is 5.68. The molecular weight excluding hydrogens is 324 g/mol. The number of aryl methyl sites for hydroxylation is 1. The highest BCUT2D eigenvalue weighted by Crippen LogP contribution is 2.18. The lowest BCUT2D eigenvalue weighted by atomic mass is 9.92. The molecule has 0 spiro atoms. The monoisotopic (exact) mass is 358 g/mol. The van der Waals surface area contributed by atoms with Crippen molar-refractivity contribution in [3.63, 3.8) is 0 Å².